The van der Waals surface area contributed by atoms with Crippen molar-refractivity contribution in [3.05, 3.63) is 78.6 Å². The predicted octanol–water partition coefficient (Wildman–Crippen LogP) is 4.76. The lowest BCUT2D eigenvalue weighted by atomic mass is 10.2. The van der Waals surface area contributed by atoms with Crippen molar-refractivity contribution in [2.75, 3.05) is 4.90 Å². The van der Waals surface area contributed by atoms with Gasteiger partial charge in [0.1, 0.15) is 17.4 Å². The topological polar surface area (TPSA) is 101 Å². The molecule has 0 saturated carbocycles. The Labute approximate surface area is 213 Å². The number of oxazole rings is 1. The van der Waals surface area contributed by atoms with Crippen LogP contribution in [0.2, 0.25) is 0 Å². The fourth-order valence-corrected chi connectivity index (χ4v) is 6.30. The molecule has 1 fully saturated rings. The van der Waals surface area contributed by atoms with Crippen LogP contribution in [0.3, 0.4) is 0 Å². The number of halogens is 1. The SMILES string of the molecule is CCC(C)N(C1CC(=O)N(c2ccc(-c3nc4ccccc4o3)cc2)C1=O)S(=O)(=O)c1ccc(F)cc1. The summed E-state index contributed by atoms with van der Waals surface area (Å²) in [4.78, 5) is 31.8. The number of benzene rings is 3. The van der Waals surface area contributed by atoms with E-state index in [4.69, 9.17) is 4.42 Å². The summed E-state index contributed by atoms with van der Waals surface area (Å²) in [5.41, 5.74) is 2.33. The van der Waals surface area contributed by atoms with Gasteiger partial charge < -0.3 is 4.42 Å². The van der Waals surface area contributed by atoms with Gasteiger partial charge in [-0.2, -0.15) is 4.31 Å². The number of imide groups is 1. The zero-order chi connectivity index (χ0) is 26.3. The molecule has 0 N–H and O–H groups in total. The highest BCUT2D eigenvalue weighted by Crippen LogP contribution is 2.33. The molecular formula is C27H24FN3O5S. The molecule has 3 aromatic carbocycles. The Morgan fingerprint density at radius 2 is 1.73 bits per heavy atom. The Balaban J connectivity index is 1.45. The third-order valence-corrected chi connectivity index (χ3v) is 8.55. The molecule has 2 amide bonds. The highest BCUT2D eigenvalue weighted by Gasteiger charge is 2.48. The van der Waals surface area contributed by atoms with Gasteiger partial charge in [-0.3, -0.25) is 9.59 Å². The van der Waals surface area contributed by atoms with Crippen LogP contribution < -0.4 is 4.90 Å². The second-order valence-electron chi connectivity index (χ2n) is 8.87. The highest BCUT2D eigenvalue weighted by molar-refractivity contribution is 7.89. The van der Waals surface area contributed by atoms with Gasteiger partial charge in [0.2, 0.25) is 21.8 Å². The molecule has 190 valence electrons. The number of hydrogen-bond donors (Lipinski definition) is 0. The predicted molar refractivity (Wildman–Crippen MR) is 136 cm³/mol. The summed E-state index contributed by atoms with van der Waals surface area (Å²) in [6, 6.07) is 16.6. The normalized spacial score (nSPS) is 17.2. The summed E-state index contributed by atoms with van der Waals surface area (Å²) in [5, 5.41) is 0. The summed E-state index contributed by atoms with van der Waals surface area (Å²) in [7, 11) is -4.18. The Hall–Kier alpha value is -3.89. The number of carbonyl (C=O) groups is 2. The first-order valence-corrected chi connectivity index (χ1v) is 13.3. The van der Waals surface area contributed by atoms with E-state index in [-0.39, 0.29) is 11.3 Å². The van der Waals surface area contributed by atoms with Crippen LogP contribution in [0.1, 0.15) is 26.7 Å². The average molecular weight is 522 g/mol. The number of carbonyl (C=O) groups excluding carboxylic acids is 2. The quantitative estimate of drug-likeness (QED) is 0.325. The van der Waals surface area contributed by atoms with E-state index in [1.807, 2.05) is 24.3 Å². The lowest BCUT2D eigenvalue weighted by Crippen LogP contribution is -2.49. The Morgan fingerprint density at radius 3 is 2.38 bits per heavy atom. The third-order valence-electron chi connectivity index (χ3n) is 6.51. The molecule has 1 aromatic heterocycles. The van der Waals surface area contributed by atoms with Crippen LogP contribution in [0.15, 0.2) is 82.1 Å². The van der Waals surface area contributed by atoms with Gasteiger partial charge in [-0.15, -0.1) is 0 Å². The number of aromatic nitrogens is 1. The van der Waals surface area contributed by atoms with E-state index in [0.717, 1.165) is 33.5 Å². The average Bonchev–Trinajstić information content (AvgIpc) is 3.45. The molecule has 1 aliphatic rings. The summed E-state index contributed by atoms with van der Waals surface area (Å²) in [6.45, 7) is 3.47. The molecule has 0 aliphatic carbocycles. The number of anilines is 1. The third kappa shape index (κ3) is 4.42. The van der Waals surface area contributed by atoms with Crippen molar-refractivity contribution in [3.63, 3.8) is 0 Å². The molecule has 8 nitrogen and oxygen atoms in total. The lowest BCUT2D eigenvalue weighted by molar-refractivity contribution is -0.122. The van der Waals surface area contributed by atoms with E-state index in [1.165, 1.54) is 0 Å². The standard InChI is InChI=1S/C27H24FN3O5S/c1-3-17(2)31(37(34,35)21-14-10-19(28)11-15-21)23-16-25(32)30(27(23)33)20-12-8-18(9-13-20)26-29-22-6-4-5-7-24(22)36-26/h4-15,17,23H,3,16H2,1-2H3. The molecular weight excluding hydrogens is 497 g/mol. The van der Waals surface area contributed by atoms with Crippen molar-refractivity contribution < 1.29 is 26.8 Å². The Kier molecular flexibility index (Phi) is 6.38. The van der Waals surface area contributed by atoms with Gasteiger partial charge in [-0.1, -0.05) is 19.1 Å². The van der Waals surface area contributed by atoms with Crippen LogP contribution in [0.4, 0.5) is 10.1 Å². The summed E-state index contributed by atoms with van der Waals surface area (Å²) >= 11 is 0. The Bertz CT molecular complexity index is 1550. The van der Waals surface area contributed by atoms with Crippen LogP contribution in [0, 0.1) is 5.82 Å². The van der Waals surface area contributed by atoms with E-state index in [0.29, 0.717) is 34.7 Å². The number of amides is 2. The molecule has 0 bridgehead atoms. The minimum absolute atomic E-state index is 0.143. The first-order chi connectivity index (χ1) is 17.7. The summed E-state index contributed by atoms with van der Waals surface area (Å²) < 4.78 is 47.3. The number of hydrogen-bond acceptors (Lipinski definition) is 6. The molecule has 2 heterocycles. The van der Waals surface area contributed by atoms with Crippen LogP contribution >= 0.6 is 0 Å². The minimum atomic E-state index is -4.18. The molecule has 4 aromatic rings. The largest absolute Gasteiger partial charge is 0.436 e. The first kappa shape index (κ1) is 24.8. The van der Waals surface area contributed by atoms with Gasteiger partial charge in [0, 0.05) is 11.6 Å². The zero-order valence-corrected chi connectivity index (χ0v) is 21.0. The zero-order valence-electron chi connectivity index (χ0n) is 20.2. The van der Waals surface area contributed by atoms with Crippen molar-refractivity contribution in [2.24, 2.45) is 0 Å². The molecule has 1 saturated heterocycles. The molecule has 2 atom stereocenters. The number of sulfonamides is 1. The van der Waals surface area contributed by atoms with Crippen LogP contribution in [-0.4, -0.2) is 41.6 Å². The van der Waals surface area contributed by atoms with E-state index in [2.05, 4.69) is 4.98 Å². The summed E-state index contributed by atoms with van der Waals surface area (Å²) in [5.74, 6) is -1.32. The number of rotatable bonds is 7. The number of para-hydroxylation sites is 2. The van der Waals surface area contributed by atoms with Crippen LogP contribution in [0.5, 0.6) is 0 Å². The van der Waals surface area contributed by atoms with E-state index in [9.17, 15) is 22.4 Å². The number of fused-ring (bicyclic) bond motifs is 1. The van der Waals surface area contributed by atoms with Crippen molar-refractivity contribution in [1.29, 1.82) is 0 Å². The van der Waals surface area contributed by atoms with Crippen molar-refractivity contribution in [2.45, 2.75) is 43.7 Å². The number of nitrogens with zero attached hydrogens (tertiary/aromatic N) is 3. The van der Waals surface area contributed by atoms with E-state index >= 15 is 0 Å². The van der Waals surface area contributed by atoms with Gasteiger partial charge in [0.25, 0.3) is 5.91 Å². The fourth-order valence-electron chi connectivity index (χ4n) is 4.45. The van der Waals surface area contributed by atoms with Gasteiger partial charge in [-0.05, 0) is 74.0 Å². The molecule has 10 heteroatoms. The second-order valence-corrected chi connectivity index (χ2v) is 10.7. The summed E-state index contributed by atoms with van der Waals surface area (Å²) in [6.07, 6.45) is 0.119. The van der Waals surface area contributed by atoms with E-state index in [1.54, 1.807) is 38.1 Å². The molecule has 2 unspecified atom stereocenters. The molecule has 0 spiro atoms. The molecule has 1 aliphatic heterocycles. The van der Waals surface area contributed by atoms with Gasteiger partial charge >= 0.3 is 0 Å². The molecule has 5 rings (SSSR count). The smallest absolute Gasteiger partial charge is 0.252 e. The van der Waals surface area contributed by atoms with Gasteiger partial charge in [0.05, 0.1) is 17.0 Å². The maximum Gasteiger partial charge on any atom is 0.252 e. The van der Waals surface area contributed by atoms with Crippen molar-refractivity contribution >= 4 is 38.6 Å². The van der Waals surface area contributed by atoms with Crippen LogP contribution in [0.25, 0.3) is 22.6 Å². The maximum absolute atomic E-state index is 13.5. The lowest BCUT2D eigenvalue weighted by Gasteiger charge is -2.31. The maximum atomic E-state index is 13.5. The van der Waals surface area contributed by atoms with Gasteiger partial charge in [0.15, 0.2) is 5.58 Å². The minimum Gasteiger partial charge on any atom is -0.436 e. The van der Waals surface area contributed by atoms with Gasteiger partial charge in [-0.25, -0.2) is 22.7 Å². The monoisotopic (exact) mass is 521 g/mol. The fraction of sp³-hybridized carbons (Fsp3) is 0.222. The first-order valence-electron chi connectivity index (χ1n) is 11.8. The van der Waals surface area contributed by atoms with Crippen LogP contribution in [-0.2, 0) is 19.6 Å². The van der Waals surface area contributed by atoms with Crippen molar-refractivity contribution in [1.82, 2.24) is 9.29 Å². The highest BCUT2D eigenvalue weighted by atomic mass is 32.2. The molecule has 0 radical (unpaired) electrons. The molecule has 37 heavy (non-hydrogen) atoms. The second kappa shape index (κ2) is 9.53. The Morgan fingerprint density at radius 1 is 1.05 bits per heavy atom. The van der Waals surface area contributed by atoms with Crippen molar-refractivity contribution in [3.8, 4) is 11.5 Å². The van der Waals surface area contributed by atoms with E-state index < -0.39 is 39.7 Å².